The van der Waals surface area contributed by atoms with Crippen molar-refractivity contribution >= 4 is 49.3 Å². The number of nitrogens with one attached hydrogen (secondary N) is 1. The molecule has 1 unspecified atom stereocenters. The van der Waals surface area contributed by atoms with Crippen LogP contribution in [0.3, 0.4) is 0 Å². The fourth-order valence-electron chi connectivity index (χ4n) is 5.52. The Morgan fingerprint density at radius 2 is 1.95 bits per heavy atom. The molecule has 16 heteroatoms. The predicted molar refractivity (Wildman–Crippen MR) is 152 cm³/mol. The number of halogens is 5. The normalized spacial score (nSPS) is 18.0. The van der Waals surface area contributed by atoms with Crippen LogP contribution >= 0.6 is 11.3 Å². The first kappa shape index (κ1) is 29.2. The number of hydrogen-bond donors (Lipinski definition) is 3. The summed E-state index contributed by atoms with van der Waals surface area (Å²) in [6.45, 7) is 1.35. The molecule has 0 radical (unpaired) electrons. The van der Waals surface area contributed by atoms with E-state index in [1.807, 2.05) is 7.05 Å². The molecule has 2 saturated heterocycles. The van der Waals surface area contributed by atoms with E-state index < -0.39 is 34.5 Å². The number of benzene rings is 2. The van der Waals surface area contributed by atoms with Crippen LogP contribution in [0.4, 0.5) is 32.9 Å². The minimum absolute atomic E-state index is 0.0637. The van der Waals surface area contributed by atoms with Crippen molar-refractivity contribution in [2.24, 2.45) is 5.73 Å². The number of ether oxygens (including phenoxy) is 1. The summed E-state index contributed by atoms with van der Waals surface area (Å²) < 4.78 is 80.4. The van der Waals surface area contributed by atoms with Gasteiger partial charge in [0.2, 0.25) is 5.91 Å². The van der Waals surface area contributed by atoms with Crippen LogP contribution in [0.25, 0.3) is 32.2 Å². The third-order valence-electron chi connectivity index (χ3n) is 7.82. The largest absolute Gasteiger partial charge is 0.462 e. The van der Waals surface area contributed by atoms with E-state index >= 15 is 4.39 Å². The Kier molecular flexibility index (Phi) is 7.46. The van der Waals surface area contributed by atoms with Gasteiger partial charge in [-0.05, 0) is 44.6 Å². The van der Waals surface area contributed by atoms with Gasteiger partial charge < -0.3 is 31.3 Å². The highest BCUT2D eigenvalue weighted by Crippen LogP contribution is 2.45. The van der Waals surface area contributed by atoms with E-state index in [2.05, 4.69) is 25.2 Å². The number of carbonyl (C=O) groups excluding carboxylic acids is 1. The van der Waals surface area contributed by atoms with E-state index in [9.17, 15) is 22.4 Å². The summed E-state index contributed by atoms with van der Waals surface area (Å²) in [7, 11) is 1.94. The summed E-state index contributed by atoms with van der Waals surface area (Å²) in [4.78, 5) is 28.0. The van der Waals surface area contributed by atoms with Gasteiger partial charge in [-0.25, -0.2) is 13.8 Å². The van der Waals surface area contributed by atoms with E-state index in [-0.39, 0.29) is 82.4 Å². The second-order valence-electron chi connectivity index (χ2n) is 10.6. The monoisotopic (exact) mass is 622 g/mol. The number of fused-ring (bicyclic) bond motifs is 2. The molecule has 1 amide bonds. The van der Waals surface area contributed by atoms with Gasteiger partial charge in [-0.15, -0.1) is 0 Å². The van der Waals surface area contributed by atoms with E-state index in [4.69, 9.17) is 16.2 Å². The molecule has 0 bridgehead atoms. The molecule has 1 atom stereocenters. The van der Waals surface area contributed by atoms with Crippen LogP contribution in [-0.2, 0) is 11.0 Å². The molecule has 10 nitrogen and oxygen atoms in total. The van der Waals surface area contributed by atoms with Crippen molar-refractivity contribution < 1.29 is 31.5 Å². The van der Waals surface area contributed by atoms with Crippen LogP contribution in [0.1, 0.15) is 18.4 Å². The van der Waals surface area contributed by atoms with Crippen LogP contribution in [-0.4, -0.2) is 82.6 Å². The molecular weight excluding hydrogens is 595 g/mol. The lowest BCUT2D eigenvalue weighted by Crippen LogP contribution is -2.58. The first-order valence-corrected chi connectivity index (χ1v) is 14.3. The number of nitrogens with zero attached hydrogens (tertiary/aromatic N) is 5. The number of nitrogen functional groups attached to an aromatic ring is 1. The highest BCUT2D eigenvalue weighted by Gasteiger charge is 2.39. The van der Waals surface area contributed by atoms with Crippen LogP contribution in [0, 0.1) is 11.6 Å². The SMILES string of the molecule is CN1CCCC1COc1nc(NC2CN(C(=O)CN)C2)c2cc(C(F)(F)F)c(-c3ccc(F)c4sc(N)nc34)c(F)c2n1. The van der Waals surface area contributed by atoms with Gasteiger partial charge in [-0.2, -0.15) is 23.1 Å². The van der Waals surface area contributed by atoms with Gasteiger partial charge in [0.1, 0.15) is 23.8 Å². The van der Waals surface area contributed by atoms with Crippen molar-refractivity contribution in [3.8, 4) is 17.1 Å². The standard InChI is InChI=1S/C27H27F5N8O2S/c1-39-6-2-3-13(39)11-42-26-37-21-15(24(38-26)35-12-9-40(10-12)18(41)8-33)7-16(27(30,31)32)19(20(21)29)14-4-5-17(28)23-22(14)36-25(34)43-23/h4-5,7,12-13H,2-3,6,8-11,33H2,1H3,(H2,34,36)(H,35,37,38). The summed E-state index contributed by atoms with van der Waals surface area (Å²) in [5, 5.41) is 2.71. The molecule has 2 fully saturated rings. The number of carbonyl (C=O) groups is 1. The summed E-state index contributed by atoms with van der Waals surface area (Å²) >= 11 is 0.746. The maximum absolute atomic E-state index is 16.5. The minimum atomic E-state index is -5.02. The molecular formula is C27H27F5N8O2S. The predicted octanol–water partition coefficient (Wildman–Crippen LogP) is 3.84. The average Bonchev–Trinajstić information content (AvgIpc) is 3.54. The first-order valence-electron chi connectivity index (χ1n) is 13.5. The Morgan fingerprint density at radius 1 is 1.19 bits per heavy atom. The van der Waals surface area contributed by atoms with Gasteiger partial charge in [0.25, 0.3) is 0 Å². The summed E-state index contributed by atoms with van der Waals surface area (Å²) in [5.41, 5.74) is 8.09. The lowest BCUT2D eigenvalue weighted by atomic mass is 9.95. The lowest BCUT2D eigenvalue weighted by molar-refractivity contribution is -0.137. The highest BCUT2D eigenvalue weighted by atomic mass is 32.1. The number of likely N-dealkylation sites (tertiary alicyclic amines) is 2. The molecule has 0 aliphatic carbocycles. The van der Waals surface area contributed by atoms with Gasteiger partial charge in [0.15, 0.2) is 10.9 Å². The smallest absolute Gasteiger partial charge is 0.417 e. The Balaban J connectivity index is 1.50. The van der Waals surface area contributed by atoms with Gasteiger partial charge >= 0.3 is 12.2 Å². The molecule has 228 valence electrons. The van der Waals surface area contributed by atoms with Crippen molar-refractivity contribution in [2.45, 2.75) is 31.1 Å². The number of alkyl halides is 3. The Bertz CT molecular complexity index is 1730. The zero-order valence-electron chi connectivity index (χ0n) is 22.8. The molecule has 2 aliphatic rings. The summed E-state index contributed by atoms with van der Waals surface area (Å²) in [5.74, 6) is -2.40. The van der Waals surface area contributed by atoms with Crippen LogP contribution < -0.4 is 21.5 Å². The number of rotatable bonds is 7. The van der Waals surface area contributed by atoms with Crippen molar-refractivity contribution in [1.29, 1.82) is 0 Å². The van der Waals surface area contributed by atoms with E-state index in [0.717, 1.165) is 48.9 Å². The van der Waals surface area contributed by atoms with Gasteiger partial charge in [-0.3, -0.25) is 4.79 Å². The van der Waals surface area contributed by atoms with Gasteiger partial charge in [0.05, 0.1) is 28.4 Å². The van der Waals surface area contributed by atoms with Crippen molar-refractivity contribution in [3.05, 3.63) is 35.4 Å². The molecule has 43 heavy (non-hydrogen) atoms. The fourth-order valence-corrected chi connectivity index (χ4v) is 6.28. The van der Waals surface area contributed by atoms with Gasteiger partial charge in [-0.1, -0.05) is 11.3 Å². The molecule has 2 aliphatic heterocycles. The Morgan fingerprint density at radius 3 is 2.63 bits per heavy atom. The molecule has 4 heterocycles. The molecule has 0 saturated carbocycles. The molecule has 4 aromatic rings. The number of amides is 1. The average molecular weight is 623 g/mol. The van der Waals surface area contributed by atoms with Crippen LogP contribution in [0.5, 0.6) is 6.01 Å². The highest BCUT2D eigenvalue weighted by molar-refractivity contribution is 7.22. The van der Waals surface area contributed by atoms with Crippen LogP contribution in [0.15, 0.2) is 18.2 Å². The molecule has 2 aromatic heterocycles. The third-order valence-corrected chi connectivity index (χ3v) is 8.72. The number of likely N-dealkylation sites (N-methyl/N-ethyl adjacent to an activating group) is 1. The molecule has 5 N–H and O–H groups in total. The van der Waals surface area contributed by atoms with Crippen molar-refractivity contribution in [3.63, 3.8) is 0 Å². The fraction of sp³-hybridized carbons (Fsp3) is 0.407. The zero-order chi connectivity index (χ0) is 30.6. The number of anilines is 2. The number of hydrogen-bond acceptors (Lipinski definition) is 10. The molecule has 0 spiro atoms. The topological polar surface area (TPSA) is 136 Å². The van der Waals surface area contributed by atoms with Crippen molar-refractivity contribution in [2.75, 3.05) is 50.9 Å². The number of aromatic nitrogens is 3. The van der Waals surface area contributed by atoms with E-state index in [0.29, 0.717) is 0 Å². The lowest BCUT2D eigenvalue weighted by Gasteiger charge is -2.39. The van der Waals surface area contributed by atoms with E-state index in [1.165, 1.54) is 4.90 Å². The van der Waals surface area contributed by atoms with Crippen LogP contribution in [0.2, 0.25) is 0 Å². The maximum Gasteiger partial charge on any atom is 0.417 e. The summed E-state index contributed by atoms with van der Waals surface area (Å²) in [6, 6.07) is 2.21. The maximum atomic E-state index is 16.5. The van der Waals surface area contributed by atoms with Gasteiger partial charge in [0, 0.05) is 35.6 Å². The third kappa shape index (κ3) is 5.38. The number of nitrogens with two attached hydrogens (primary N) is 2. The second kappa shape index (κ2) is 11.0. The minimum Gasteiger partial charge on any atom is -0.462 e. The van der Waals surface area contributed by atoms with E-state index in [1.54, 1.807) is 0 Å². The first-order chi connectivity index (χ1) is 20.4. The quantitative estimate of drug-likeness (QED) is 0.263. The second-order valence-corrected chi connectivity index (χ2v) is 11.6. The zero-order valence-corrected chi connectivity index (χ0v) is 23.7. The Hall–Kier alpha value is -3.89. The summed E-state index contributed by atoms with van der Waals surface area (Å²) in [6.07, 6.45) is -3.18. The Labute approximate surface area is 245 Å². The number of thiazole rings is 1. The molecule has 2 aromatic carbocycles. The molecule has 6 rings (SSSR count). The van der Waals surface area contributed by atoms with Crippen molar-refractivity contribution in [1.82, 2.24) is 24.8 Å².